The van der Waals surface area contributed by atoms with Gasteiger partial charge in [0.15, 0.2) is 0 Å². The first-order valence-electron chi connectivity index (χ1n) is 5.30. The van der Waals surface area contributed by atoms with Crippen LogP contribution in [-0.2, 0) is 0 Å². The van der Waals surface area contributed by atoms with Gasteiger partial charge in [-0.2, -0.15) is 0 Å². The molecule has 0 bridgehead atoms. The molecule has 12 heavy (non-hydrogen) atoms. The molecule has 0 nitrogen and oxygen atoms in total. The van der Waals surface area contributed by atoms with Gasteiger partial charge in [-0.05, 0) is 38.0 Å². The van der Waals surface area contributed by atoms with Crippen molar-refractivity contribution in [3.8, 4) is 0 Å². The first-order valence-corrected chi connectivity index (χ1v) is 5.30. The number of rotatable bonds is 3. The predicted molar refractivity (Wildman–Crippen MR) is 54.9 cm³/mol. The highest BCUT2D eigenvalue weighted by Crippen LogP contribution is 2.30. The van der Waals surface area contributed by atoms with Gasteiger partial charge in [0.1, 0.15) is 0 Å². The lowest BCUT2D eigenvalue weighted by Gasteiger charge is -2.25. The molecule has 0 heteroatoms. The van der Waals surface area contributed by atoms with Crippen LogP contribution in [0.3, 0.4) is 0 Å². The van der Waals surface area contributed by atoms with Crippen LogP contribution in [0.4, 0.5) is 0 Å². The molecule has 0 aromatic heterocycles. The summed E-state index contributed by atoms with van der Waals surface area (Å²) in [4.78, 5) is 0. The van der Waals surface area contributed by atoms with Crippen molar-refractivity contribution in [2.24, 2.45) is 11.8 Å². The summed E-state index contributed by atoms with van der Waals surface area (Å²) in [6.45, 7) is 6.17. The summed E-state index contributed by atoms with van der Waals surface area (Å²) in [5.41, 5.74) is 0. The van der Waals surface area contributed by atoms with Gasteiger partial charge in [-0.1, -0.05) is 38.3 Å². The van der Waals surface area contributed by atoms with Gasteiger partial charge in [0.05, 0.1) is 0 Å². The minimum atomic E-state index is 0.784. The largest absolute Gasteiger partial charge is 0.0883 e. The third kappa shape index (κ3) is 3.00. The van der Waals surface area contributed by atoms with E-state index in [1.165, 1.54) is 32.1 Å². The lowest BCUT2D eigenvalue weighted by molar-refractivity contribution is 0.299. The van der Waals surface area contributed by atoms with Gasteiger partial charge < -0.3 is 0 Å². The van der Waals surface area contributed by atoms with E-state index in [0.29, 0.717) is 0 Å². The van der Waals surface area contributed by atoms with Crippen molar-refractivity contribution in [3.05, 3.63) is 19.1 Å². The molecule has 1 fully saturated rings. The Balaban J connectivity index is 2.29. The minimum Gasteiger partial charge on any atom is -0.0883 e. The average Bonchev–Trinajstić information content (AvgIpc) is 2.15. The molecule has 0 saturated heterocycles. The van der Waals surface area contributed by atoms with E-state index in [4.69, 9.17) is 0 Å². The molecular formula is C12H21. The summed E-state index contributed by atoms with van der Waals surface area (Å²) < 4.78 is 0. The average molecular weight is 165 g/mol. The normalized spacial score (nSPS) is 23.2. The Bertz CT molecular complexity index is 129. The van der Waals surface area contributed by atoms with Crippen LogP contribution in [0.2, 0.25) is 0 Å². The minimum absolute atomic E-state index is 0.784. The monoisotopic (exact) mass is 165 g/mol. The molecule has 1 saturated carbocycles. The highest BCUT2D eigenvalue weighted by molar-refractivity contribution is 4.90. The van der Waals surface area contributed by atoms with Gasteiger partial charge in [0.25, 0.3) is 0 Å². The first kappa shape index (κ1) is 9.83. The molecule has 1 rings (SSSR count). The molecule has 0 spiro atoms. The molecule has 1 aliphatic rings. The van der Waals surface area contributed by atoms with Crippen LogP contribution in [-0.4, -0.2) is 0 Å². The van der Waals surface area contributed by atoms with Crippen molar-refractivity contribution >= 4 is 0 Å². The molecular weight excluding hydrogens is 144 g/mol. The molecule has 1 radical (unpaired) electrons. The van der Waals surface area contributed by atoms with Crippen molar-refractivity contribution in [2.45, 2.75) is 45.4 Å². The molecule has 1 unspecified atom stereocenters. The summed E-state index contributed by atoms with van der Waals surface area (Å²) in [7, 11) is 0. The highest BCUT2D eigenvalue weighted by atomic mass is 14.2. The van der Waals surface area contributed by atoms with E-state index in [1.807, 2.05) is 0 Å². The van der Waals surface area contributed by atoms with E-state index in [9.17, 15) is 0 Å². The summed E-state index contributed by atoms with van der Waals surface area (Å²) in [5, 5.41) is 0. The maximum absolute atomic E-state index is 3.82. The van der Waals surface area contributed by atoms with Crippen LogP contribution in [0, 0.1) is 18.8 Å². The van der Waals surface area contributed by atoms with Crippen LogP contribution in [0.1, 0.15) is 45.4 Å². The SMILES string of the molecule is [CH2]CC=CC(C)C1CCCCC1. The van der Waals surface area contributed by atoms with E-state index in [-0.39, 0.29) is 0 Å². The van der Waals surface area contributed by atoms with Gasteiger partial charge >= 0.3 is 0 Å². The molecule has 1 aliphatic carbocycles. The second kappa shape index (κ2) is 5.40. The molecule has 0 heterocycles. The summed E-state index contributed by atoms with van der Waals surface area (Å²) in [6, 6.07) is 0. The van der Waals surface area contributed by atoms with Crippen molar-refractivity contribution in [1.29, 1.82) is 0 Å². The molecule has 0 amide bonds. The quantitative estimate of drug-likeness (QED) is 0.555. The van der Waals surface area contributed by atoms with E-state index in [1.54, 1.807) is 0 Å². The van der Waals surface area contributed by atoms with Crippen molar-refractivity contribution in [3.63, 3.8) is 0 Å². The highest BCUT2D eigenvalue weighted by Gasteiger charge is 2.17. The van der Waals surface area contributed by atoms with Crippen LogP contribution >= 0.6 is 0 Å². The van der Waals surface area contributed by atoms with Gasteiger partial charge in [-0.3, -0.25) is 0 Å². The number of hydrogen-bond acceptors (Lipinski definition) is 0. The zero-order valence-corrected chi connectivity index (χ0v) is 8.26. The first-order chi connectivity index (χ1) is 5.84. The number of hydrogen-bond donors (Lipinski definition) is 0. The third-order valence-electron chi connectivity index (χ3n) is 3.00. The zero-order valence-electron chi connectivity index (χ0n) is 8.26. The molecule has 0 N–H and O–H groups in total. The van der Waals surface area contributed by atoms with Gasteiger partial charge in [-0.15, -0.1) is 0 Å². The van der Waals surface area contributed by atoms with Crippen LogP contribution in [0.15, 0.2) is 12.2 Å². The van der Waals surface area contributed by atoms with Crippen LogP contribution in [0.5, 0.6) is 0 Å². The predicted octanol–water partition coefficient (Wildman–Crippen LogP) is 3.98. The summed E-state index contributed by atoms with van der Waals surface area (Å²) in [6.07, 6.45) is 12.8. The third-order valence-corrected chi connectivity index (χ3v) is 3.00. The summed E-state index contributed by atoms with van der Waals surface area (Å²) in [5.74, 6) is 1.74. The second-order valence-corrected chi connectivity index (χ2v) is 3.97. The Morgan fingerprint density at radius 2 is 2.00 bits per heavy atom. The van der Waals surface area contributed by atoms with Gasteiger partial charge in [0.2, 0.25) is 0 Å². The topological polar surface area (TPSA) is 0 Å². The molecule has 69 valence electrons. The van der Waals surface area contributed by atoms with E-state index in [2.05, 4.69) is 26.0 Å². The zero-order chi connectivity index (χ0) is 8.81. The van der Waals surface area contributed by atoms with E-state index in [0.717, 1.165) is 18.3 Å². The van der Waals surface area contributed by atoms with Crippen molar-refractivity contribution in [1.82, 2.24) is 0 Å². The molecule has 0 aromatic carbocycles. The lowest BCUT2D eigenvalue weighted by atomic mass is 9.81. The lowest BCUT2D eigenvalue weighted by Crippen LogP contribution is -2.13. The fraction of sp³-hybridized carbons (Fsp3) is 0.750. The molecule has 1 atom stereocenters. The Labute approximate surface area is 77.1 Å². The molecule has 0 aromatic rings. The Morgan fingerprint density at radius 1 is 1.33 bits per heavy atom. The fourth-order valence-electron chi connectivity index (χ4n) is 2.13. The van der Waals surface area contributed by atoms with E-state index < -0.39 is 0 Å². The standard InChI is InChI=1S/C12H21/c1-3-4-8-11(2)12-9-6-5-7-10-12/h4,8,11-12H,1,3,5-7,9-10H2,2H3. The van der Waals surface area contributed by atoms with Crippen LogP contribution in [0.25, 0.3) is 0 Å². The van der Waals surface area contributed by atoms with E-state index >= 15 is 0 Å². The summed E-state index contributed by atoms with van der Waals surface area (Å²) >= 11 is 0. The second-order valence-electron chi connectivity index (χ2n) is 3.97. The Kier molecular flexibility index (Phi) is 4.42. The van der Waals surface area contributed by atoms with Gasteiger partial charge in [0, 0.05) is 0 Å². The van der Waals surface area contributed by atoms with Crippen molar-refractivity contribution < 1.29 is 0 Å². The Hall–Kier alpha value is -0.260. The Morgan fingerprint density at radius 3 is 2.58 bits per heavy atom. The maximum atomic E-state index is 3.82. The van der Waals surface area contributed by atoms with Gasteiger partial charge in [-0.25, -0.2) is 0 Å². The van der Waals surface area contributed by atoms with Crippen LogP contribution < -0.4 is 0 Å². The fourth-order valence-corrected chi connectivity index (χ4v) is 2.13. The maximum Gasteiger partial charge on any atom is -0.0234 e. The number of allylic oxidation sites excluding steroid dienone is 2. The smallest absolute Gasteiger partial charge is 0.0234 e. The molecule has 0 aliphatic heterocycles. The van der Waals surface area contributed by atoms with Crippen molar-refractivity contribution in [2.75, 3.05) is 0 Å².